The van der Waals surface area contributed by atoms with Crippen LogP contribution in [-0.2, 0) is 0 Å². The van der Waals surface area contributed by atoms with Gasteiger partial charge in [-0.25, -0.2) is 4.98 Å². The summed E-state index contributed by atoms with van der Waals surface area (Å²) >= 11 is 1.35. The van der Waals surface area contributed by atoms with Gasteiger partial charge in [0.05, 0.1) is 17.9 Å². The average molecular weight is 451 g/mol. The van der Waals surface area contributed by atoms with Crippen molar-refractivity contribution in [2.24, 2.45) is 5.92 Å². The number of halogens is 1. The van der Waals surface area contributed by atoms with E-state index in [0.717, 1.165) is 30.2 Å². The van der Waals surface area contributed by atoms with Crippen LogP contribution >= 0.6 is 23.7 Å². The minimum absolute atomic E-state index is 0. The highest BCUT2D eigenvalue weighted by molar-refractivity contribution is 7.17. The zero-order chi connectivity index (χ0) is 21.4. The van der Waals surface area contributed by atoms with Crippen molar-refractivity contribution >= 4 is 29.7 Å². The lowest BCUT2D eigenvalue weighted by Gasteiger charge is -2.17. The van der Waals surface area contributed by atoms with E-state index in [-0.39, 0.29) is 18.3 Å². The maximum atomic E-state index is 12.6. The molecule has 1 amide bonds. The molecule has 2 rings (SSSR count). The summed E-state index contributed by atoms with van der Waals surface area (Å²) in [5.74, 6) is 0.856. The molecular weight excluding hydrogens is 420 g/mol. The summed E-state index contributed by atoms with van der Waals surface area (Å²) in [5.41, 5.74) is 1.99. The number of amides is 1. The summed E-state index contributed by atoms with van der Waals surface area (Å²) in [6.45, 7) is 14.1. The number of rotatable bonds is 10. The zero-order valence-electron chi connectivity index (χ0n) is 18.3. The predicted octanol–water partition coefficient (Wildman–Crippen LogP) is 4.52. The Labute approximate surface area is 189 Å². The van der Waals surface area contributed by atoms with Crippen LogP contribution in [0.4, 0.5) is 0 Å². The third-order valence-corrected chi connectivity index (χ3v) is 5.74. The largest absolute Gasteiger partial charge is 0.492 e. The molecule has 30 heavy (non-hydrogen) atoms. The first kappa shape index (κ1) is 25.9. The first-order chi connectivity index (χ1) is 13.9. The van der Waals surface area contributed by atoms with Crippen molar-refractivity contribution in [2.75, 3.05) is 32.8 Å². The number of nitrogens with one attached hydrogen (secondary N) is 1. The smallest absolute Gasteiger partial charge is 0.263 e. The number of benzene rings is 1. The van der Waals surface area contributed by atoms with E-state index in [1.165, 1.54) is 11.3 Å². The maximum Gasteiger partial charge on any atom is 0.263 e. The molecule has 0 spiro atoms. The lowest BCUT2D eigenvalue weighted by Crippen LogP contribution is -2.34. The third-order valence-electron chi connectivity index (χ3n) is 4.53. The molecule has 0 aliphatic carbocycles. The van der Waals surface area contributed by atoms with Gasteiger partial charge in [0.1, 0.15) is 21.7 Å². The highest BCUT2D eigenvalue weighted by Crippen LogP contribution is 2.31. The Balaban J connectivity index is 0.00000450. The molecule has 0 bridgehead atoms. The SMILES string of the molecule is CCN(CC)CCNC(=O)c1sc(-c2ccc(OCC(C)C)c(C#N)c2)nc1C.Cl. The molecule has 0 radical (unpaired) electrons. The maximum absolute atomic E-state index is 12.6. The first-order valence-electron chi connectivity index (χ1n) is 10.0. The molecule has 8 heteroatoms. The number of carbonyl (C=O) groups is 1. The van der Waals surface area contributed by atoms with Crippen LogP contribution in [0.2, 0.25) is 0 Å². The molecule has 1 aromatic carbocycles. The highest BCUT2D eigenvalue weighted by Gasteiger charge is 2.17. The van der Waals surface area contributed by atoms with Gasteiger partial charge in [0.15, 0.2) is 0 Å². The van der Waals surface area contributed by atoms with E-state index in [0.29, 0.717) is 41.0 Å². The summed E-state index contributed by atoms with van der Waals surface area (Å²) < 4.78 is 5.72. The van der Waals surface area contributed by atoms with Crippen LogP contribution in [-0.4, -0.2) is 48.6 Å². The van der Waals surface area contributed by atoms with Crippen LogP contribution in [0.3, 0.4) is 0 Å². The average Bonchev–Trinajstić information content (AvgIpc) is 3.11. The molecule has 2 aromatic rings. The second kappa shape index (κ2) is 12.5. The van der Waals surface area contributed by atoms with Crippen LogP contribution in [0.1, 0.15) is 48.6 Å². The third kappa shape index (κ3) is 6.98. The number of carbonyl (C=O) groups excluding carboxylic acids is 1. The molecule has 1 aromatic heterocycles. The first-order valence-corrected chi connectivity index (χ1v) is 10.9. The molecule has 164 valence electrons. The normalized spacial score (nSPS) is 10.6. The standard InChI is InChI=1S/C22H30N4O2S.ClH/c1-6-26(7-2)11-10-24-21(27)20-16(5)25-22(29-20)17-8-9-19(18(12-17)13-23)28-14-15(3)4;/h8-9,12,15H,6-7,10-11,14H2,1-5H3,(H,24,27);1H. The molecule has 0 atom stereocenters. The van der Waals surface area contributed by atoms with Crippen LogP contribution in [0, 0.1) is 24.2 Å². The Bertz CT molecular complexity index is 873. The van der Waals surface area contributed by atoms with Crippen molar-refractivity contribution < 1.29 is 9.53 Å². The van der Waals surface area contributed by atoms with Crippen molar-refractivity contribution in [1.82, 2.24) is 15.2 Å². The number of nitriles is 1. The van der Waals surface area contributed by atoms with Gasteiger partial charge in [-0.15, -0.1) is 23.7 Å². The number of likely N-dealkylation sites (N-methyl/N-ethyl adjacent to an activating group) is 1. The van der Waals surface area contributed by atoms with Gasteiger partial charge in [-0.05, 0) is 44.1 Å². The monoisotopic (exact) mass is 450 g/mol. The molecular formula is C22H31ClN4O2S. The number of nitrogens with zero attached hydrogens (tertiary/aromatic N) is 3. The zero-order valence-corrected chi connectivity index (χ0v) is 20.0. The molecule has 0 saturated carbocycles. The predicted molar refractivity (Wildman–Crippen MR) is 125 cm³/mol. The molecule has 0 unspecified atom stereocenters. The van der Waals surface area contributed by atoms with E-state index >= 15 is 0 Å². The number of hydrogen-bond acceptors (Lipinski definition) is 6. The Morgan fingerprint density at radius 2 is 2.03 bits per heavy atom. The molecule has 6 nitrogen and oxygen atoms in total. The van der Waals surface area contributed by atoms with Crippen LogP contribution in [0.25, 0.3) is 10.6 Å². The minimum atomic E-state index is -0.101. The van der Waals surface area contributed by atoms with Crippen molar-refractivity contribution in [3.63, 3.8) is 0 Å². The summed E-state index contributed by atoms with van der Waals surface area (Å²) in [4.78, 5) is 20.0. The van der Waals surface area contributed by atoms with Crippen LogP contribution in [0.5, 0.6) is 5.75 Å². The van der Waals surface area contributed by atoms with E-state index in [2.05, 4.69) is 49.0 Å². The van der Waals surface area contributed by atoms with Gasteiger partial charge in [0.2, 0.25) is 0 Å². The topological polar surface area (TPSA) is 78.3 Å². The van der Waals surface area contributed by atoms with Gasteiger partial charge in [-0.3, -0.25) is 4.79 Å². The van der Waals surface area contributed by atoms with Gasteiger partial charge >= 0.3 is 0 Å². The number of aromatic nitrogens is 1. The van der Waals surface area contributed by atoms with Crippen LogP contribution in [0.15, 0.2) is 18.2 Å². The molecule has 0 saturated heterocycles. The van der Waals surface area contributed by atoms with Crippen LogP contribution < -0.4 is 10.1 Å². The quantitative estimate of drug-likeness (QED) is 0.575. The number of aryl methyl sites for hydroxylation is 1. The van der Waals surface area contributed by atoms with Gasteiger partial charge in [0, 0.05) is 18.7 Å². The number of thiazole rings is 1. The van der Waals surface area contributed by atoms with E-state index in [1.807, 2.05) is 13.0 Å². The van der Waals surface area contributed by atoms with Crippen molar-refractivity contribution in [3.05, 3.63) is 34.3 Å². The Morgan fingerprint density at radius 1 is 1.33 bits per heavy atom. The molecule has 0 aliphatic heterocycles. The summed E-state index contributed by atoms with van der Waals surface area (Å²) in [5, 5.41) is 13.2. The summed E-state index contributed by atoms with van der Waals surface area (Å²) in [6, 6.07) is 7.65. The molecule has 0 fully saturated rings. The Hall–Kier alpha value is -2.14. The second-order valence-electron chi connectivity index (χ2n) is 7.24. The van der Waals surface area contributed by atoms with Gasteiger partial charge < -0.3 is 15.0 Å². The molecule has 1 heterocycles. The fourth-order valence-electron chi connectivity index (χ4n) is 2.81. The van der Waals surface area contributed by atoms with E-state index in [4.69, 9.17) is 4.74 Å². The number of hydrogen-bond donors (Lipinski definition) is 1. The molecule has 1 N–H and O–H groups in total. The minimum Gasteiger partial charge on any atom is -0.492 e. The highest BCUT2D eigenvalue weighted by atomic mass is 35.5. The van der Waals surface area contributed by atoms with Gasteiger partial charge in [-0.1, -0.05) is 27.7 Å². The Morgan fingerprint density at radius 3 is 2.63 bits per heavy atom. The van der Waals surface area contributed by atoms with Gasteiger partial charge in [-0.2, -0.15) is 5.26 Å². The second-order valence-corrected chi connectivity index (χ2v) is 8.24. The summed E-state index contributed by atoms with van der Waals surface area (Å²) in [6.07, 6.45) is 0. The van der Waals surface area contributed by atoms with Crippen molar-refractivity contribution in [3.8, 4) is 22.4 Å². The lowest BCUT2D eigenvalue weighted by atomic mass is 10.1. The van der Waals surface area contributed by atoms with Crippen molar-refractivity contribution in [2.45, 2.75) is 34.6 Å². The Kier molecular flexibility index (Phi) is 10.8. The van der Waals surface area contributed by atoms with Gasteiger partial charge in [0.25, 0.3) is 5.91 Å². The fourth-order valence-corrected chi connectivity index (χ4v) is 3.79. The fraction of sp³-hybridized carbons (Fsp3) is 0.500. The lowest BCUT2D eigenvalue weighted by molar-refractivity contribution is 0.0952. The van der Waals surface area contributed by atoms with E-state index in [1.54, 1.807) is 12.1 Å². The van der Waals surface area contributed by atoms with Crippen molar-refractivity contribution in [1.29, 1.82) is 5.26 Å². The molecule has 0 aliphatic rings. The number of ether oxygens (including phenoxy) is 1. The summed E-state index contributed by atoms with van der Waals surface area (Å²) in [7, 11) is 0. The van der Waals surface area contributed by atoms with E-state index in [9.17, 15) is 10.1 Å². The van der Waals surface area contributed by atoms with E-state index < -0.39 is 0 Å².